The number of hydrogen-bond acceptors (Lipinski definition) is 4. The van der Waals surface area contributed by atoms with Gasteiger partial charge in [0.15, 0.2) is 0 Å². The Bertz CT molecular complexity index is 650. The van der Waals surface area contributed by atoms with E-state index in [9.17, 15) is 9.59 Å². The number of halogens is 2. The van der Waals surface area contributed by atoms with Crippen LogP contribution in [0.25, 0.3) is 11.5 Å². The van der Waals surface area contributed by atoms with Crippen molar-refractivity contribution in [3.8, 4) is 11.5 Å². The molecule has 0 fully saturated rings. The van der Waals surface area contributed by atoms with Gasteiger partial charge in [0.2, 0.25) is 17.3 Å². The van der Waals surface area contributed by atoms with E-state index in [4.69, 9.17) is 26.2 Å². The summed E-state index contributed by atoms with van der Waals surface area (Å²) in [6.45, 7) is 0. The monoisotopic (exact) mass is 345 g/mol. The lowest BCUT2D eigenvalue weighted by Gasteiger charge is -1.99. The van der Waals surface area contributed by atoms with Crippen molar-refractivity contribution in [3.05, 3.63) is 39.1 Å². The largest absolute Gasteiger partial charge is 0.476 e. The van der Waals surface area contributed by atoms with Gasteiger partial charge in [0.25, 0.3) is 0 Å². The molecule has 1 aromatic carbocycles. The zero-order chi connectivity index (χ0) is 14.2. The highest BCUT2D eigenvalue weighted by atomic mass is 79.9. The highest BCUT2D eigenvalue weighted by Gasteiger charge is 2.26. The molecule has 2 aromatic rings. The predicted molar refractivity (Wildman–Crippen MR) is 68.6 cm³/mol. The number of nitrogens with zero attached hydrogens (tertiary/aromatic N) is 1. The Morgan fingerprint density at radius 2 is 1.95 bits per heavy atom. The number of oxazole rings is 1. The van der Waals surface area contributed by atoms with E-state index >= 15 is 0 Å². The van der Waals surface area contributed by atoms with Crippen LogP contribution in [0.4, 0.5) is 0 Å². The third kappa shape index (κ3) is 2.61. The number of aromatic carboxylic acids is 2. The maximum atomic E-state index is 10.9. The third-order valence-electron chi connectivity index (χ3n) is 2.19. The first-order chi connectivity index (χ1) is 8.90. The summed E-state index contributed by atoms with van der Waals surface area (Å²) >= 11 is 9.17. The maximum absolute atomic E-state index is 10.9. The van der Waals surface area contributed by atoms with Gasteiger partial charge >= 0.3 is 11.9 Å². The highest BCUT2D eigenvalue weighted by Crippen LogP contribution is 2.31. The lowest BCUT2D eigenvalue weighted by molar-refractivity contribution is 0.0624. The lowest BCUT2D eigenvalue weighted by atomic mass is 10.2. The summed E-state index contributed by atoms with van der Waals surface area (Å²) in [5.74, 6) is -3.89. The molecule has 0 amide bonds. The molecule has 0 unspecified atom stereocenters. The summed E-state index contributed by atoms with van der Waals surface area (Å²) in [5, 5.41) is 18.0. The van der Waals surface area contributed by atoms with Crippen LogP contribution in [-0.2, 0) is 0 Å². The van der Waals surface area contributed by atoms with Crippen molar-refractivity contribution >= 4 is 39.5 Å². The van der Waals surface area contributed by atoms with E-state index in [0.717, 1.165) is 0 Å². The second kappa shape index (κ2) is 5.02. The van der Waals surface area contributed by atoms with Crippen LogP contribution in [0.3, 0.4) is 0 Å². The second-order valence-corrected chi connectivity index (χ2v) is 4.75. The Morgan fingerprint density at radius 1 is 1.26 bits per heavy atom. The lowest BCUT2D eigenvalue weighted by Crippen LogP contribution is -2.05. The summed E-state index contributed by atoms with van der Waals surface area (Å²) < 4.78 is 5.67. The number of benzene rings is 1. The Morgan fingerprint density at radius 3 is 2.42 bits per heavy atom. The van der Waals surface area contributed by atoms with Gasteiger partial charge in [0, 0.05) is 4.47 Å². The standard InChI is InChI=1S/C11H5BrClNO5/c12-4-1-2-5(6(13)3-4)9-14-7(10(15)16)8(19-9)11(17)18/h1-3H,(H,15,16)(H,17,18). The van der Waals surface area contributed by atoms with Gasteiger partial charge in [-0.1, -0.05) is 27.5 Å². The van der Waals surface area contributed by atoms with Crippen LogP contribution in [0.15, 0.2) is 27.1 Å². The van der Waals surface area contributed by atoms with Crippen LogP contribution < -0.4 is 0 Å². The molecule has 0 radical (unpaired) electrons. The minimum Gasteiger partial charge on any atom is -0.476 e. The van der Waals surface area contributed by atoms with E-state index in [0.29, 0.717) is 10.0 Å². The fourth-order valence-corrected chi connectivity index (χ4v) is 2.14. The molecule has 0 atom stereocenters. The smallest absolute Gasteiger partial charge is 0.374 e. The molecule has 8 heteroatoms. The van der Waals surface area contributed by atoms with Crippen LogP contribution in [-0.4, -0.2) is 27.1 Å². The van der Waals surface area contributed by atoms with Crippen LogP contribution in [0.2, 0.25) is 5.02 Å². The summed E-state index contributed by atoms with van der Waals surface area (Å²) in [7, 11) is 0. The fourth-order valence-electron chi connectivity index (χ4n) is 1.39. The van der Waals surface area contributed by atoms with Gasteiger partial charge in [-0.05, 0) is 18.2 Å². The topological polar surface area (TPSA) is 101 Å². The molecule has 0 bridgehead atoms. The molecule has 0 spiro atoms. The van der Waals surface area contributed by atoms with Gasteiger partial charge in [-0.3, -0.25) is 0 Å². The normalized spacial score (nSPS) is 10.4. The molecule has 0 saturated carbocycles. The van der Waals surface area contributed by atoms with Crippen molar-refractivity contribution in [2.24, 2.45) is 0 Å². The van der Waals surface area contributed by atoms with E-state index in [1.807, 2.05) is 0 Å². The van der Waals surface area contributed by atoms with Crippen molar-refractivity contribution in [2.45, 2.75) is 0 Å². The van der Waals surface area contributed by atoms with Gasteiger partial charge < -0.3 is 14.6 Å². The molecule has 0 aliphatic rings. The molecule has 19 heavy (non-hydrogen) atoms. The molecule has 98 valence electrons. The molecule has 1 aromatic heterocycles. The number of aromatic nitrogens is 1. The van der Waals surface area contributed by atoms with E-state index in [2.05, 4.69) is 20.9 Å². The zero-order valence-corrected chi connectivity index (χ0v) is 11.4. The Labute approximate surface area is 119 Å². The SMILES string of the molecule is O=C(O)c1nc(-c2ccc(Br)cc2Cl)oc1C(=O)O. The number of hydrogen-bond donors (Lipinski definition) is 2. The van der Waals surface area contributed by atoms with Gasteiger partial charge in [-0.15, -0.1) is 0 Å². The quantitative estimate of drug-likeness (QED) is 0.885. The van der Waals surface area contributed by atoms with Crippen molar-refractivity contribution in [3.63, 3.8) is 0 Å². The summed E-state index contributed by atoms with van der Waals surface area (Å²) in [6.07, 6.45) is 0. The highest BCUT2D eigenvalue weighted by molar-refractivity contribution is 9.10. The van der Waals surface area contributed by atoms with Crippen molar-refractivity contribution in [2.75, 3.05) is 0 Å². The second-order valence-electron chi connectivity index (χ2n) is 3.43. The average molecular weight is 347 g/mol. The molecule has 1 heterocycles. The molecule has 2 N–H and O–H groups in total. The number of carboxylic acids is 2. The Hall–Kier alpha value is -1.86. The summed E-state index contributed by atoms with van der Waals surface area (Å²) in [6, 6.07) is 4.74. The van der Waals surface area contributed by atoms with E-state index in [-0.39, 0.29) is 10.9 Å². The van der Waals surface area contributed by atoms with E-state index < -0.39 is 23.4 Å². The minimum atomic E-state index is -1.51. The summed E-state index contributed by atoms with van der Waals surface area (Å²) in [4.78, 5) is 25.4. The zero-order valence-electron chi connectivity index (χ0n) is 9.05. The number of rotatable bonds is 3. The first-order valence-electron chi connectivity index (χ1n) is 4.83. The third-order valence-corrected chi connectivity index (χ3v) is 2.99. The van der Waals surface area contributed by atoms with Crippen molar-refractivity contribution in [1.82, 2.24) is 4.98 Å². The summed E-state index contributed by atoms with van der Waals surface area (Å²) in [5.41, 5.74) is -0.360. The van der Waals surface area contributed by atoms with Crippen LogP contribution >= 0.6 is 27.5 Å². The molecule has 0 aliphatic heterocycles. The van der Waals surface area contributed by atoms with E-state index in [1.165, 1.54) is 6.07 Å². The average Bonchev–Trinajstić information content (AvgIpc) is 2.73. The molecular weight excluding hydrogens is 341 g/mol. The molecule has 2 rings (SSSR count). The minimum absolute atomic E-state index is 0.160. The van der Waals surface area contributed by atoms with Gasteiger partial charge in [0.1, 0.15) is 0 Å². The van der Waals surface area contributed by atoms with Gasteiger partial charge in [0.05, 0.1) is 10.6 Å². The number of carboxylic acid groups (broad SMARTS) is 2. The first kappa shape index (κ1) is 13.6. The van der Waals surface area contributed by atoms with Crippen LogP contribution in [0, 0.1) is 0 Å². The molecule has 6 nitrogen and oxygen atoms in total. The van der Waals surface area contributed by atoms with Crippen LogP contribution in [0.5, 0.6) is 0 Å². The van der Waals surface area contributed by atoms with Crippen LogP contribution in [0.1, 0.15) is 21.0 Å². The Balaban J connectivity index is 2.60. The fraction of sp³-hybridized carbons (Fsp3) is 0. The van der Waals surface area contributed by atoms with Crippen molar-refractivity contribution in [1.29, 1.82) is 0 Å². The van der Waals surface area contributed by atoms with E-state index in [1.54, 1.807) is 12.1 Å². The van der Waals surface area contributed by atoms with Gasteiger partial charge in [-0.2, -0.15) is 0 Å². The predicted octanol–water partition coefficient (Wildman–Crippen LogP) is 3.15. The maximum Gasteiger partial charge on any atom is 0.374 e. The van der Waals surface area contributed by atoms with Gasteiger partial charge in [-0.25, -0.2) is 14.6 Å². The molecular formula is C11H5BrClNO5. The van der Waals surface area contributed by atoms with Crippen molar-refractivity contribution < 1.29 is 24.2 Å². The first-order valence-corrected chi connectivity index (χ1v) is 6.00. The molecule has 0 saturated heterocycles. The Kier molecular flexibility index (Phi) is 3.59. The molecule has 0 aliphatic carbocycles. The number of carbonyl (C=O) groups is 2.